The summed E-state index contributed by atoms with van der Waals surface area (Å²) < 4.78 is 5.27. The highest BCUT2D eigenvalue weighted by atomic mass is 16.5. The van der Waals surface area contributed by atoms with Crippen LogP contribution in [-0.2, 0) is 4.74 Å². The normalized spacial score (nSPS) is 11.3. The highest BCUT2D eigenvalue weighted by molar-refractivity contribution is 5.96. The van der Waals surface area contributed by atoms with Gasteiger partial charge in [-0.3, -0.25) is 4.79 Å². The van der Waals surface area contributed by atoms with Gasteiger partial charge in [0.1, 0.15) is 0 Å². The van der Waals surface area contributed by atoms with Gasteiger partial charge in [0.2, 0.25) is 0 Å². The molecule has 0 spiro atoms. The van der Waals surface area contributed by atoms with E-state index in [0.717, 1.165) is 0 Å². The number of amides is 1. The average molecular weight is 275 g/mol. The molecule has 0 aliphatic heterocycles. The van der Waals surface area contributed by atoms with Crippen LogP contribution in [-0.4, -0.2) is 36.9 Å². The molecule has 0 fully saturated rings. The van der Waals surface area contributed by atoms with Gasteiger partial charge in [-0.1, -0.05) is 24.0 Å². The molecular weight excluding hydrogens is 254 g/mol. The molecule has 0 radical (unpaired) electrons. The lowest BCUT2D eigenvalue weighted by molar-refractivity contribution is 0.0872. The molecule has 0 aliphatic rings. The molecule has 108 valence electrons. The van der Waals surface area contributed by atoms with Crippen molar-refractivity contribution in [2.24, 2.45) is 0 Å². The van der Waals surface area contributed by atoms with Crippen molar-refractivity contribution in [3.05, 3.63) is 35.4 Å². The fraction of sp³-hybridized carbons (Fsp3) is 0.438. The second-order valence-corrected chi connectivity index (χ2v) is 4.35. The molecule has 0 bridgehead atoms. The third-order valence-corrected chi connectivity index (χ3v) is 2.58. The molecule has 0 aliphatic carbocycles. The van der Waals surface area contributed by atoms with Crippen LogP contribution in [0.3, 0.4) is 0 Å². The van der Waals surface area contributed by atoms with Gasteiger partial charge >= 0.3 is 0 Å². The zero-order chi connectivity index (χ0) is 14.8. The van der Waals surface area contributed by atoms with E-state index in [2.05, 4.69) is 17.2 Å². The molecule has 20 heavy (non-hydrogen) atoms. The lowest BCUT2D eigenvalue weighted by Crippen LogP contribution is -2.36. The summed E-state index contributed by atoms with van der Waals surface area (Å²) in [5.41, 5.74) is 1.21. The Morgan fingerprint density at radius 2 is 2.20 bits per heavy atom. The van der Waals surface area contributed by atoms with Gasteiger partial charge in [0.05, 0.1) is 18.8 Å². The van der Waals surface area contributed by atoms with E-state index in [1.54, 1.807) is 18.2 Å². The molecule has 0 saturated heterocycles. The molecule has 1 aromatic carbocycles. The highest BCUT2D eigenvalue weighted by Gasteiger charge is 2.12. The Morgan fingerprint density at radius 3 is 2.90 bits per heavy atom. The first kappa shape index (κ1) is 16.2. The summed E-state index contributed by atoms with van der Waals surface area (Å²) in [6.45, 7) is 4.95. The van der Waals surface area contributed by atoms with Crippen LogP contribution in [0, 0.1) is 11.8 Å². The molecule has 4 heteroatoms. The third kappa shape index (κ3) is 5.43. The minimum absolute atomic E-state index is 0.0206. The zero-order valence-electron chi connectivity index (χ0n) is 12.0. The van der Waals surface area contributed by atoms with E-state index < -0.39 is 0 Å². The molecule has 0 saturated carbocycles. The van der Waals surface area contributed by atoms with Crippen LogP contribution in [0.25, 0.3) is 0 Å². The number of carbonyl (C=O) groups is 1. The predicted molar refractivity (Wildman–Crippen MR) is 78.4 cm³/mol. The van der Waals surface area contributed by atoms with Crippen molar-refractivity contribution in [2.45, 2.75) is 26.3 Å². The van der Waals surface area contributed by atoms with E-state index in [9.17, 15) is 4.79 Å². The molecule has 2 N–H and O–H groups in total. The molecule has 1 amide bonds. The molecule has 1 atom stereocenters. The second kappa shape index (κ2) is 9.13. The standard InChI is InChI=1S/C16H21NO3/c1-3-20-12-13(2)17-16(19)15-10-5-4-8-14(15)9-6-7-11-18/h4-5,8,10,13,18H,3,7,11-12H2,1-2H3,(H,17,19). The molecule has 0 heterocycles. The van der Waals surface area contributed by atoms with Crippen molar-refractivity contribution in [1.82, 2.24) is 5.32 Å². The monoisotopic (exact) mass is 275 g/mol. The topological polar surface area (TPSA) is 58.6 Å². The molecule has 1 unspecified atom stereocenters. The Hall–Kier alpha value is -1.83. The fourth-order valence-corrected chi connectivity index (χ4v) is 1.64. The first-order valence-corrected chi connectivity index (χ1v) is 6.76. The number of aliphatic hydroxyl groups is 1. The minimum atomic E-state index is -0.161. The van der Waals surface area contributed by atoms with Crippen molar-refractivity contribution >= 4 is 5.91 Å². The van der Waals surface area contributed by atoms with E-state index in [-0.39, 0.29) is 18.6 Å². The van der Waals surface area contributed by atoms with Crippen LogP contribution in [0.15, 0.2) is 24.3 Å². The summed E-state index contributed by atoms with van der Waals surface area (Å²) in [7, 11) is 0. The van der Waals surface area contributed by atoms with E-state index in [1.165, 1.54) is 0 Å². The van der Waals surface area contributed by atoms with Gasteiger partial charge in [0, 0.05) is 24.6 Å². The van der Waals surface area contributed by atoms with Crippen LogP contribution in [0.5, 0.6) is 0 Å². The average Bonchev–Trinajstić information content (AvgIpc) is 2.46. The van der Waals surface area contributed by atoms with Crippen LogP contribution in [0.4, 0.5) is 0 Å². The zero-order valence-corrected chi connectivity index (χ0v) is 12.0. The lowest BCUT2D eigenvalue weighted by atomic mass is 10.1. The van der Waals surface area contributed by atoms with Gasteiger partial charge in [0.25, 0.3) is 5.91 Å². The Bertz CT molecular complexity index is 488. The first-order chi connectivity index (χ1) is 9.69. The quantitative estimate of drug-likeness (QED) is 0.775. The number of aliphatic hydroxyl groups excluding tert-OH is 1. The largest absolute Gasteiger partial charge is 0.395 e. The second-order valence-electron chi connectivity index (χ2n) is 4.35. The number of rotatable bonds is 6. The van der Waals surface area contributed by atoms with Crippen molar-refractivity contribution in [3.63, 3.8) is 0 Å². The van der Waals surface area contributed by atoms with Crippen molar-refractivity contribution < 1.29 is 14.6 Å². The van der Waals surface area contributed by atoms with E-state index >= 15 is 0 Å². The van der Waals surface area contributed by atoms with Gasteiger partial charge in [-0.15, -0.1) is 0 Å². The predicted octanol–water partition coefficient (Wildman–Crippen LogP) is 1.58. The van der Waals surface area contributed by atoms with Crippen molar-refractivity contribution in [2.75, 3.05) is 19.8 Å². The van der Waals surface area contributed by atoms with Crippen LogP contribution in [0.2, 0.25) is 0 Å². The maximum absolute atomic E-state index is 12.2. The number of carbonyl (C=O) groups excluding carboxylic acids is 1. The summed E-state index contributed by atoms with van der Waals surface area (Å²) in [6.07, 6.45) is 0.400. The highest BCUT2D eigenvalue weighted by Crippen LogP contribution is 2.07. The number of nitrogens with one attached hydrogen (secondary N) is 1. The summed E-state index contributed by atoms with van der Waals surface area (Å²) in [5, 5.41) is 11.6. The Balaban J connectivity index is 2.75. The Kier molecular flexibility index (Phi) is 7.41. The van der Waals surface area contributed by atoms with Gasteiger partial charge in [-0.05, 0) is 26.0 Å². The van der Waals surface area contributed by atoms with Gasteiger partial charge < -0.3 is 15.2 Å². The fourth-order valence-electron chi connectivity index (χ4n) is 1.64. The summed E-state index contributed by atoms with van der Waals surface area (Å²) in [6, 6.07) is 7.13. The van der Waals surface area contributed by atoms with Gasteiger partial charge in [-0.2, -0.15) is 0 Å². The molecule has 1 aromatic rings. The molecule has 0 aromatic heterocycles. The molecule has 4 nitrogen and oxygen atoms in total. The summed E-state index contributed by atoms with van der Waals surface area (Å²) >= 11 is 0. The van der Waals surface area contributed by atoms with E-state index in [4.69, 9.17) is 9.84 Å². The van der Waals surface area contributed by atoms with Crippen LogP contribution >= 0.6 is 0 Å². The van der Waals surface area contributed by atoms with Crippen LogP contribution < -0.4 is 5.32 Å². The Labute approximate surface area is 120 Å². The van der Waals surface area contributed by atoms with E-state index in [0.29, 0.717) is 30.8 Å². The van der Waals surface area contributed by atoms with Gasteiger partial charge in [-0.25, -0.2) is 0 Å². The van der Waals surface area contributed by atoms with Crippen molar-refractivity contribution in [3.8, 4) is 11.8 Å². The number of benzene rings is 1. The minimum Gasteiger partial charge on any atom is -0.395 e. The summed E-state index contributed by atoms with van der Waals surface area (Å²) in [4.78, 5) is 12.2. The SMILES string of the molecule is CCOCC(C)NC(=O)c1ccccc1C#CCCO. The Morgan fingerprint density at radius 1 is 1.45 bits per heavy atom. The maximum atomic E-state index is 12.2. The number of hydrogen-bond acceptors (Lipinski definition) is 3. The number of ether oxygens (including phenoxy) is 1. The first-order valence-electron chi connectivity index (χ1n) is 6.76. The smallest absolute Gasteiger partial charge is 0.252 e. The maximum Gasteiger partial charge on any atom is 0.252 e. The molecule has 1 rings (SSSR count). The number of hydrogen-bond donors (Lipinski definition) is 2. The van der Waals surface area contributed by atoms with Crippen molar-refractivity contribution in [1.29, 1.82) is 0 Å². The lowest BCUT2D eigenvalue weighted by Gasteiger charge is -2.14. The summed E-state index contributed by atoms with van der Waals surface area (Å²) in [5.74, 6) is 5.58. The molecular formula is C16H21NO3. The van der Waals surface area contributed by atoms with Gasteiger partial charge in [0.15, 0.2) is 0 Å². The van der Waals surface area contributed by atoms with E-state index in [1.807, 2.05) is 19.9 Å². The third-order valence-electron chi connectivity index (χ3n) is 2.58. The van der Waals surface area contributed by atoms with Crippen LogP contribution in [0.1, 0.15) is 36.2 Å².